The van der Waals surface area contributed by atoms with Gasteiger partial charge in [-0.05, 0) is 42.5 Å². The Hall–Kier alpha value is -3.74. The molecule has 2 aromatic carbocycles. The van der Waals surface area contributed by atoms with E-state index in [-0.39, 0.29) is 11.3 Å². The van der Waals surface area contributed by atoms with E-state index in [0.717, 1.165) is 0 Å². The van der Waals surface area contributed by atoms with Gasteiger partial charge in [0, 0.05) is 11.9 Å². The van der Waals surface area contributed by atoms with Crippen molar-refractivity contribution in [2.45, 2.75) is 0 Å². The lowest BCUT2D eigenvalue weighted by Gasteiger charge is -2.09. The summed E-state index contributed by atoms with van der Waals surface area (Å²) in [7, 11) is 1.31. The third-order valence-corrected chi connectivity index (χ3v) is 3.70. The van der Waals surface area contributed by atoms with Crippen LogP contribution >= 0.6 is 0 Å². The molecule has 0 unspecified atom stereocenters. The summed E-state index contributed by atoms with van der Waals surface area (Å²) in [5.41, 5.74) is 1.44. The standard InChI is InChI=1S/C20H16FN3O3/c1-27-20(26)13-5-4-6-15(11-13)23-18-10-9-14(12-22-18)19(25)24-17-8-3-2-7-16(17)21/h2-12H,1H3,(H,22,23)(H,24,25). The molecule has 2 N–H and O–H groups in total. The van der Waals surface area contributed by atoms with Gasteiger partial charge in [0.1, 0.15) is 11.6 Å². The maximum absolute atomic E-state index is 13.6. The Bertz CT molecular complexity index is 974. The molecule has 1 aromatic heterocycles. The lowest BCUT2D eigenvalue weighted by Crippen LogP contribution is -2.13. The van der Waals surface area contributed by atoms with Gasteiger partial charge in [-0.15, -0.1) is 0 Å². The number of esters is 1. The van der Waals surface area contributed by atoms with Gasteiger partial charge >= 0.3 is 5.97 Å². The average Bonchev–Trinajstić information content (AvgIpc) is 2.70. The van der Waals surface area contributed by atoms with Crippen LogP contribution in [0.5, 0.6) is 0 Å². The summed E-state index contributed by atoms with van der Waals surface area (Å²) in [5, 5.41) is 5.53. The maximum Gasteiger partial charge on any atom is 0.337 e. The molecule has 0 fully saturated rings. The number of amides is 1. The minimum absolute atomic E-state index is 0.101. The molecular weight excluding hydrogens is 349 g/mol. The number of carbonyl (C=O) groups is 2. The molecule has 0 spiro atoms. The minimum atomic E-state index is -0.511. The summed E-state index contributed by atoms with van der Waals surface area (Å²) in [5.74, 6) is -0.930. The van der Waals surface area contributed by atoms with Gasteiger partial charge in [-0.1, -0.05) is 18.2 Å². The van der Waals surface area contributed by atoms with E-state index < -0.39 is 17.7 Å². The highest BCUT2D eigenvalue weighted by atomic mass is 19.1. The van der Waals surface area contributed by atoms with Crippen molar-refractivity contribution in [1.82, 2.24) is 4.98 Å². The number of nitrogens with one attached hydrogen (secondary N) is 2. The Labute approximate surface area is 155 Å². The number of ether oxygens (including phenoxy) is 1. The number of halogens is 1. The molecule has 7 heteroatoms. The van der Waals surface area contributed by atoms with Crippen molar-refractivity contribution in [3.05, 3.63) is 83.8 Å². The molecule has 3 aromatic rings. The number of pyridine rings is 1. The zero-order valence-electron chi connectivity index (χ0n) is 14.4. The van der Waals surface area contributed by atoms with Crippen molar-refractivity contribution in [3.63, 3.8) is 0 Å². The van der Waals surface area contributed by atoms with E-state index in [0.29, 0.717) is 17.1 Å². The SMILES string of the molecule is COC(=O)c1cccc(Nc2ccc(C(=O)Nc3ccccc3F)cn2)c1. The first-order chi connectivity index (χ1) is 13.1. The van der Waals surface area contributed by atoms with Gasteiger partial charge in [-0.3, -0.25) is 4.79 Å². The molecule has 0 aliphatic carbocycles. The highest BCUT2D eigenvalue weighted by molar-refractivity contribution is 6.04. The quantitative estimate of drug-likeness (QED) is 0.668. The molecule has 0 bridgehead atoms. The van der Waals surface area contributed by atoms with Crippen molar-refractivity contribution in [3.8, 4) is 0 Å². The van der Waals surface area contributed by atoms with Crippen LogP contribution < -0.4 is 10.6 Å². The van der Waals surface area contributed by atoms with Gasteiger partial charge in [0.15, 0.2) is 0 Å². The van der Waals surface area contributed by atoms with Crippen LogP contribution in [0.1, 0.15) is 20.7 Å². The van der Waals surface area contributed by atoms with Gasteiger partial charge in [-0.2, -0.15) is 0 Å². The zero-order valence-corrected chi connectivity index (χ0v) is 14.4. The fraction of sp³-hybridized carbons (Fsp3) is 0.0500. The first kappa shape index (κ1) is 18.1. The van der Waals surface area contributed by atoms with E-state index in [1.807, 2.05) is 0 Å². The van der Waals surface area contributed by atoms with Crippen LogP contribution in [-0.2, 0) is 4.74 Å². The second-order valence-electron chi connectivity index (χ2n) is 5.56. The minimum Gasteiger partial charge on any atom is -0.465 e. The van der Waals surface area contributed by atoms with E-state index in [1.54, 1.807) is 48.5 Å². The Morgan fingerprint density at radius 2 is 1.81 bits per heavy atom. The molecule has 6 nitrogen and oxygen atoms in total. The third kappa shape index (κ3) is 4.46. The smallest absolute Gasteiger partial charge is 0.337 e. The summed E-state index contributed by atoms with van der Waals surface area (Å²) in [4.78, 5) is 27.9. The molecule has 3 rings (SSSR count). The van der Waals surface area contributed by atoms with Crippen LogP contribution in [0.3, 0.4) is 0 Å². The van der Waals surface area contributed by atoms with Gasteiger partial charge in [-0.25, -0.2) is 14.2 Å². The molecular formula is C20H16FN3O3. The molecule has 0 atom stereocenters. The molecule has 0 aliphatic heterocycles. The number of carbonyl (C=O) groups excluding carboxylic acids is 2. The number of benzene rings is 2. The second-order valence-corrected chi connectivity index (χ2v) is 5.56. The fourth-order valence-electron chi connectivity index (χ4n) is 2.35. The Balaban J connectivity index is 1.69. The Morgan fingerprint density at radius 3 is 2.52 bits per heavy atom. The summed E-state index contributed by atoms with van der Waals surface area (Å²) in [6.07, 6.45) is 1.38. The third-order valence-electron chi connectivity index (χ3n) is 3.70. The van der Waals surface area contributed by atoms with E-state index >= 15 is 0 Å². The summed E-state index contributed by atoms with van der Waals surface area (Å²) < 4.78 is 18.3. The highest BCUT2D eigenvalue weighted by Crippen LogP contribution is 2.18. The monoisotopic (exact) mass is 365 g/mol. The Morgan fingerprint density at radius 1 is 1.00 bits per heavy atom. The molecule has 0 aliphatic rings. The van der Waals surface area contributed by atoms with E-state index in [4.69, 9.17) is 0 Å². The van der Waals surface area contributed by atoms with Crippen LogP contribution in [0.4, 0.5) is 21.6 Å². The molecule has 0 saturated carbocycles. The molecule has 1 amide bonds. The first-order valence-corrected chi connectivity index (χ1v) is 8.04. The Kier molecular flexibility index (Phi) is 5.41. The van der Waals surface area contributed by atoms with Crippen molar-refractivity contribution < 1.29 is 18.7 Å². The predicted octanol–water partition coefficient (Wildman–Crippen LogP) is 4.00. The summed E-state index contributed by atoms with van der Waals surface area (Å²) in [6.45, 7) is 0. The number of anilines is 3. The van der Waals surface area contributed by atoms with Gasteiger partial charge in [0.05, 0.1) is 23.9 Å². The van der Waals surface area contributed by atoms with Crippen molar-refractivity contribution >= 4 is 29.1 Å². The predicted molar refractivity (Wildman–Crippen MR) is 99.7 cm³/mol. The lowest BCUT2D eigenvalue weighted by atomic mass is 10.2. The van der Waals surface area contributed by atoms with Crippen molar-refractivity contribution in [1.29, 1.82) is 0 Å². The molecule has 136 valence electrons. The van der Waals surface area contributed by atoms with Gasteiger partial charge < -0.3 is 15.4 Å². The topological polar surface area (TPSA) is 80.3 Å². The van der Waals surface area contributed by atoms with Gasteiger partial charge in [0.2, 0.25) is 0 Å². The zero-order chi connectivity index (χ0) is 19.2. The lowest BCUT2D eigenvalue weighted by molar-refractivity contribution is 0.0600. The van der Waals surface area contributed by atoms with Crippen LogP contribution in [0.2, 0.25) is 0 Å². The van der Waals surface area contributed by atoms with Crippen LogP contribution in [0.15, 0.2) is 66.9 Å². The summed E-state index contributed by atoms with van der Waals surface area (Å²) >= 11 is 0. The molecule has 0 radical (unpaired) electrons. The number of rotatable bonds is 5. The number of aromatic nitrogens is 1. The number of para-hydroxylation sites is 1. The number of hydrogen-bond acceptors (Lipinski definition) is 5. The molecule has 1 heterocycles. The maximum atomic E-state index is 13.6. The van der Waals surface area contributed by atoms with Crippen LogP contribution in [0.25, 0.3) is 0 Å². The first-order valence-electron chi connectivity index (χ1n) is 8.04. The average molecular weight is 365 g/mol. The van der Waals surface area contributed by atoms with Crippen LogP contribution in [-0.4, -0.2) is 24.0 Å². The number of hydrogen-bond donors (Lipinski definition) is 2. The number of methoxy groups -OCH3 is 1. The van der Waals surface area contributed by atoms with Crippen LogP contribution in [0, 0.1) is 5.82 Å². The van der Waals surface area contributed by atoms with Crippen molar-refractivity contribution in [2.24, 2.45) is 0 Å². The van der Waals surface area contributed by atoms with E-state index in [1.165, 1.54) is 25.4 Å². The van der Waals surface area contributed by atoms with Gasteiger partial charge in [0.25, 0.3) is 5.91 Å². The number of nitrogens with zero attached hydrogens (tertiary/aromatic N) is 1. The van der Waals surface area contributed by atoms with E-state index in [9.17, 15) is 14.0 Å². The van der Waals surface area contributed by atoms with Crippen molar-refractivity contribution in [2.75, 3.05) is 17.7 Å². The fourth-order valence-corrected chi connectivity index (χ4v) is 2.35. The second kappa shape index (κ2) is 8.09. The molecule has 0 saturated heterocycles. The largest absolute Gasteiger partial charge is 0.465 e. The highest BCUT2D eigenvalue weighted by Gasteiger charge is 2.10. The normalized spacial score (nSPS) is 10.1. The van der Waals surface area contributed by atoms with E-state index in [2.05, 4.69) is 20.4 Å². The summed E-state index contributed by atoms with van der Waals surface area (Å²) in [6, 6.07) is 15.9. The molecule has 27 heavy (non-hydrogen) atoms.